The van der Waals surface area contributed by atoms with Crippen LogP contribution in [-0.4, -0.2) is 15.9 Å². The van der Waals surface area contributed by atoms with Crippen molar-refractivity contribution in [1.29, 1.82) is 0 Å². The van der Waals surface area contributed by atoms with Crippen LogP contribution in [0, 0.1) is 18.6 Å². The predicted molar refractivity (Wildman–Crippen MR) is 95.8 cm³/mol. The summed E-state index contributed by atoms with van der Waals surface area (Å²) < 4.78 is 26.5. The van der Waals surface area contributed by atoms with Gasteiger partial charge in [-0.1, -0.05) is 17.7 Å². The number of anilines is 3. The number of nitrogens with one attached hydrogen (secondary N) is 2. The largest absolute Gasteiger partial charge is 0.324 e. The summed E-state index contributed by atoms with van der Waals surface area (Å²) in [5, 5.41) is 5.91. The Kier molecular flexibility index (Phi) is 5.09. The van der Waals surface area contributed by atoms with E-state index < -0.39 is 17.5 Å². The Morgan fingerprint density at radius 3 is 2.46 bits per heavy atom. The van der Waals surface area contributed by atoms with Gasteiger partial charge in [0.15, 0.2) is 0 Å². The summed E-state index contributed by atoms with van der Waals surface area (Å²) >= 11 is 6.06. The average Bonchev–Trinajstić information content (AvgIpc) is 2.61. The molecule has 2 aromatic carbocycles. The van der Waals surface area contributed by atoms with Crippen LogP contribution in [0.4, 0.5) is 26.1 Å². The molecule has 3 aromatic rings. The number of halogens is 3. The van der Waals surface area contributed by atoms with E-state index in [4.69, 9.17) is 11.6 Å². The lowest BCUT2D eigenvalue weighted by atomic mass is 10.2. The zero-order chi connectivity index (χ0) is 18.7. The van der Waals surface area contributed by atoms with Gasteiger partial charge in [0.05, 0.1) is 11.3 Å². The lowest BCUT2D eigenvalue weighted by Gasteiger charge is -2.08. The fraction of sp³-hybridized carbons (Fsp3) is 0.0556. The second-order valence-corrected chi connectivity index (χ2v) is 5.87. The number of aromatic nitrogens is 2. The number of rotatable bonds is 4. The monoisotopic (exact) mass is 374 g/mol. The Morgan fingerprint density at radius 2 is 1.81 bits per heavy atom. The molecule has 1 amide bonds. The summed E-state index contributed by atoms with van der Waals surface area (Å²) in [6.07, 6.45) is 2.59. The topological polar surface area (TPSA) is 66.9 Å². The van der Waals surface area contributed by atoms with Crippen LogP contribution in [0.1, 0.15) is 15.9 Å². The molecular formula is C18H13ClF2N4O. The van der Waals surface area contributed by atoms with Gasteiger partial charge in [0.1, 0.15) is 11.6 Å². The van der Waals surface area contributed by atoms with Gasteiger partial charge in [-0.3, -0.25) is 4.79 Å². The molecule has 1 heterocycles. The highest BCUT2D eigenvalue weighted by Crippen LogP contribution is 2.22. The maximum absolute atomic E-state index is 13.6. The van der Waals surface area contributed by atoms with E-state index >= 15 is 0 Å². The molecule has 0 aliphatic rings. The summed E-state index contributed by atoms with van der Waals surface area (Å²) in [7, 11) is 0. The van der Waals surface area contributed by atoms with E-state index in [1.807, 2.05) is 19.1 Å². The Hall–Kier alpha value is -3.06. The minimum Gasteiger partial charge on any atom is -0.324 e. The lowest BCUT2D eigenvalue weighted by Crippen LogP contribution is -2.14. The summed E-state index contributed by atoms with van der Waals surface area (Å²) in [6, 6.07) is 8.28. The highest BCUT2D eigenvalue weighted by atomic mass is 35.5. The summed E-state index contributed by atoms with van der Waals surface area (Å²) in [6.45, 7) is 1.89. The van der Waals surface area contributed by atoms with Gasteiger partial charge >= 0.3 is 0 Å². The Bertz CT molecular complexity index is 964. The Labute approximate surface area is 153 Å². The Morgan fingerprint density at radius 1 is 1.08 bits per heavy atom. The molecule has 1 aromatic heterocycles. The molecule has 0 fully saturated rings. The van der Waals surface area contributed by atoms with Gasteiger partial charge in [0.25, 0.3) is 5.91 Å². The highest BCUT2D eigenvalue weighted by Gasteiger charge is 2.11. The van der Waals surface area contributed by atoms with Crippen LogP contribution in [0.2, 0.25) is 5.02 Å². The average molecular weight is 375 g/mol. The number of benzene rings is 2. The van der Waals surface area contributed by atoms with E-state index in [0.717, 1.165) is 17.7 Å². The van der Waals surface area contributed by atoms with Gasteiger partial charge in [0.2, 0.25) is 5.95 Å². The predicted octanol–water partition coefficient (Wildman–Crippen LogP) is 4.71. The van der Waals surface area contributed by atoms with Crippen molar-refractivity contribution in [3.63, 3.8) is 0 Å². The zero-order valence-electron chi connectivity index (χ0n) is 13.6. The molecule has 8 heteroatoms. The van der Waals surface area contributed by atoms with E-state index in [1.165, 1.54) is 12.4 Å². The van der Waals surface area contributed by atoms with Crippen LogP contribution in [-0.2, 0) is 0 Å². The number of carbonyl (C=O) groups is 1. The van der Waals surface area contributed by atoms with Crippen molar-refractivity contribution < 1.29 is 13.6 Å². The van der Waals surface area contributed by atoms with Crippen molar-refractivity contribution in [2.75, 3.05) is 10.6 Å². The third-order valence-corrected chi connectivity index (χ3v) is 3.93. The number of nitrogens with zero attached hydrogens (tertiary/aromatic N) is 2. The molecule has 0 bridgehead atoms. The normalized spacial score (nSPS) is 10.5. The summed E-state index contributed by atoms with van der Waals surface area (Å²) in [4.78, 5) is 20.2. The van der Waals surface area contributed by atoms with Crippen LogP contribution in [0.3, 0.4) is 0 Å². The SMILES string of the molecule is Cc1ccc(Nc2ncc(C(=O)Nc3ccc(F)cc3F)cn2)cc1Cl. The molecule has 5 nitrogen and oxygen atoms in total. The fourth-order valence-corrected chi connectivity index (χ4v) is 2.28. The smallest absolute Gasteiger partial charge is 0.258 e. The van der Waals surface area contributed by atoms with Crippen LogP contribution >= 0.6 is 11.6 Å². The third kappa shape index (κ3) is 4.12. The van der Waals surface area contributed by atoms with Crippen molar-refractivity contribution in [3.8, 4) is 0 Å². The van der Waals surface area contributed by atoms with Gasteiger partial charge in [-0.2, -0.15) is 0 Å². The van der Waals surface area contributed by atoms with Gasteiger partial charge in [0, 0.05) is 29.2 Å². The highest BCUT2D eigenvalue weighted by molar-refractivity contribution is 6.31. The van der Waals surface area contributed by atoms with Crippen molar-refractivity contribution in [2.45, 2.75) is 6.92 Å². The zero-order valence-corrected chi connectivity index (χ0v) is 14.3. The van der Waals surface area contributed by atoms with Crippen molar-refractivity contribution in [3.05, 3.63) is 76.6 Å². The molecule has 3 rings (SSSR count). The van der Waals surface area contributed by atoms with Crippen molar-refractivity contribution in [2.24, 2.45) is 0 Å². The number of aryl methyl sites for hydroxylation is 1. The minimum absolute atomic E-state index is 0.126. The molecule has 0 radical (unpaired) electrons. The van der Waals surface area contributed by atoms with Gasteiger partial charge < -0.3 is 10.6 Å². The van der Waals surface area contributed by atoms with E-state index in [-0.39, 0.29) is 17.2 Å². The van der Waals surface area contributed by atoms with Gasteiger partial charge in [-0.15, -0.1) is 0 Å². The molecule has 0 saturated heterocycles. The van der Waals surface area contributed by atoms with Crippen LogP contribution < -0.4 is 10.6 Å². The van der Waals surface area contributed by atoms with Gasteiger partial charge in [-0.05, 0) is 36.8 Å². The van der Waals surface area contributed by atoms with Crippen LogP contribution in [0.5, 0.6) is 0 Å². The molecule has 0 aliphatic carbocycles. The fourth-order valence-electron chi connectivity index (χ4n) is 2.09. The first-order valence-corrected chi connectivity index (χ1v) is 7.92. The standard InChI is InChI=1S/C18H13ClF2N4O/c1-10-2-4-13(7-14(10)19)24-18-22-8-11(9-23-18)17(26)25-16-5-3-12(20)6-15(16)21/h2-9H,1H3,(H,25,26)(H,22,23,24). The van der Waals surface area contributed by atoms with E-state index in [2.05, 4.69) is 20.6 Å². The van der Waals surface area contributed by atoms with Crippen LogP contribution in [0.25, 0.3) is 0 Å². The summed E-state index contributed by atoms with van der Waals surface area (Å²) in [5.41, 5.74) is 1.64. The maximum Gasteiger partial charge on any atom is 0.258 e. The minimum atomic E-state index is -0.867. The maximum atomic E-state index is 13.6. The second kappa shape index (κ2) is 7.45. The number of carbonyl (C=O) groups excluding carboxylic acids is 1. The number of hydrogen-bond donors (Lipinski definition) is 2. The number of amides is 1. The first-order valence-electron chi connectivity index (χ1n) is 7.54. The molecular weight excluding hydrogens is 362 g/mol. The molecule has 132 valence electrons. The van der Waals surface area contributed by atoms with Crippen LogP contribution in [0.15, 0.2) is 48.8 Å². The van der Waals surface area contributed by atoms with Crippen molar-refractivity contribution >= 4 is 34.8 Å². The molecule has 26 heavy (non-hydrogen) atoms. The lowest BCUT2D eigenvalue weighted by molar-refractivity contribution is 0.102. The summed E-state index contributed by atoms with van der Waals surface area (Å²) in [5.74, 6) is -1.93. The second-order valence-electron chi connectivity index (χ2n) is 5.46. The molecule has 0 unspecified atom stereocenters. The quantitative estimate of drug-likeness (QED) is 0.694. The van der Waals surface area contributed by atoms with E-state index in [1.54, 1.807) is 6.07 Å². The van der Waals surface area contributed by atoms with Crippen molar-refractivity contribution in [1.82, 2.24) is 9.97 Å². The Balaban J connectivity index is 1.70. The first-order chi connectivity index (χ1) is 12.4. The van der Waals surface area contributed by atoms with E-state index in [9.17, 15) is 13.6 Å². The number of hydrogen-bond acceptors (Lipinski definition) is 4. The molecule has 2 N–H and O–H groups in total. The molecule has 0 spiro atoms. The molecule has 0 saturated carbocycles. The molecule has 0 aliphatic heterocycles. The van der Waals surface area contributed by atoms with E-state index in [0.29, 0.717) is 16.8 Å². The third-order valence-electron chi connectivity index (χ3n) is 3.52. The van der Waals surface area contributed by atoms with Gasteiger partial charge in [-0.25, -0.2) is 18.7 Å². The first kappa shape index (κ1) is 17.8. The molecule has 0 atom stereocenters.